The zero-order valence-corrected chi connectivity index (χ0v) is 11.8. The van der Waals surface area contributed by atoms with Crippen LogP contribution in [0, 0.1) is 6.92 Å². The third kappa shape index (κ3) is 3.69. The van der Waals surface area contributed by atoms with Crippen LogP contribution in [0.3, 0.4) is 0 Å². The summed E-state index contributed by atoms with van der Waals surface area (Å²) in [6.07, 6.45) is 0. The Bertz CT molecular complexity index is 638. The summed E-state index contributed by atoms with van der Waals surface area (Å²) in [6, 6.07) is 5.43. The molecule has 112 valence electrons. The number of oxime groups is 1. The lowest BCUT2D eigenvalue weighted by Gasteiger charge is -2.10. The van der Waals surface area contributed by atoms with Gasteiger partial charge < -0.3 is 25.5 Å². The van der Waals surface area contributed by atoms with Gasteiger partial charge in [0.2, 0.25) is 5.89 Å². The number of nitrogens with one attached hydrogen (secondary N) is 1. The first-order valence-electron chi connectivity index (χ1n) is 6.28. The normalized spacial score (nSPS) is 11.6. The topological polar surface area (TPSA) is 119 Å². The number of amidine groups is 1. The summed E-state index contributed by atoms with van der Waals surface area (Å²) in [4.78, 5) is 4.10. The molecule has 0 atom stereocenters. The first kappa shape index (κ1) is 14.8. The molecule has 1 aromatic heterocycles. The smallest absolute Gasteiger partial charge is 0.223 e. The molecule has 0 saturated heterocycles. The minimum absolute atomic E-state index is 0.00799. The van der Waals surface area contributed by atoms with Gasteiger partial charge in [-0.25, -0.2) is 0 Å². The van der Waals surface area contributed by atoms with E-state index in [1.807, 2.05) is 12.1 Å². The second-order valence-electron chi connectivity index (χ2n) is 4.35. The van der Waals surface area contributed by atoms with E-state index < -0.39 is 0 Å². The maximum absolute atomic E-state index is 8.72. The Morgan fingerprint density at radius 2 is 2.29 bits per heavy atom. The Morgan fingerprint density at radius 3 is 2.90 bits per heavy atom. The molecule has 2 aromatic rings. The van der Waals surface area contributed by atoms with Crippen LogP contribution in [0.5, 0.6) is 5.75 Å². The van der Waals surface area contributed by atoms with Gasteiger partial charge in [-0.05, 0) is 17.7 Å². The van der Waals surface area contributed by atoms with Gasteiger partial charge in [0.15, 0.2) is 11.7 Å². The molecule has 4 N–H and O–H groups in total. The fourth-order valence-electron chi connectivity index (χ4n) is 1.84. The van der Waals surface area contributed by atoms with E-state index in [1.54, 1.807) is 13.0 Å². The Hall–Kier alpha value is -2.61. The number of aryl methyl sites for hydroxylation is 1. The highest BCUT2D eigenvalue weighted by atomic mass is 16.5. The Balaban J connectivity index is 2.00. The van der Waals surface area contributed by atoms with Crippen molar-refractivity contribution >= 4 is 5.84 Å². The maximum atomic E-state index is 8.72. The highest BCUT2D eigenvalue weighted by Crippen LogP contribution is 2.20. The number of hydrogen-bond acceptors (Lipinski definition) is 7. The van der Waals surface area contributed by atoms with Crippen molar-refractivity contribution in [1.29, 1.82) is 0 Å². The van der Waals surface area contributed by atoms with Gasteiger partial charge >= 0.3 is 0 Å². The SMILES string of the molecule is COc1cc(CNCc2noc(C)n2)ccc1/C(N)=N/O. The number of rotatable bonds is 6. The zero-order valence-electron chi connectivity index (χ0n) is 11.8. The molecule has 0 spiro atoms. The second kappa shape index (κ2) is 6.71. The lowest BCUT2D eigenvalue weighted by molar-refractivity contribution is 0.318. The summed E-state index contributed by atoms with van der Waals surface area (Å²) >= 11 is 0. The van der Waals surface area contributed by atoms with Crippen molar-refractivity contribution in [3.63, 3.8) is 0 Å². The van der Waals surface area contributed by atoms with Crippen LogP contribution in [0.1, 0.15) is 22.8 Å². The molecule has 2 rings (SSSR count). The van der Waals surface area contributed by atoms with E-state index in [2.05, 4.69) is 20.6 Å². The Kier molecular flexibility index (Phi) is 4.72. The van der Waals surface area contributed by atoms with Gasteiger partial charge in [0, 0.05) is 13.5 Å². The van der Waals surface area contributed by atoms with E-state index >= 15 is 0 Å². The standard InChI is InChI=1S/C13H17N5O3/c1-8-16-12(18-21-8)7-15-6-9-3-4-10(13(14)17-19)11(5-9)20-2/h3-5,15,19H,6-7H2,1-2H3,(H2,14,17). The van der Waals surface area contributed by atoms with E-state index in [9.17, 15) is 0 Å². The second-order valence-corrected chi connectivity index (χ2v) is 4.35. The predicted molar refractivity (Wildman–Crippen MR) is 75.1 cm³/mol. The van der Waals surface area contributed by atoms with Crippen LogP contribution in [0.15, 0.2) is 27.9 Å². The summed E-state index contributed by atoms with van der Waals surface area (Å²) in [5.74, 6) is 1.69. The molecule has 0 unspecified atom stereocenters. The minimum Gasteiger partial charge on any atom is -0.496 e. The summed E-state index contributed by atoms with van der Waals surface area (Å²) in [5.41, 5.74) is 7.10. The molecule has 1 heterocycles. The Morgan fingerprint density at radius 1 is 1.48 bits per heavy atom. The van der Waals surface area contributed by atoms with E-state index in [4.69, 9.17) is 20.2 Å². The van der Waals surface area contributed by atoms with Crippen molar-refractivity contribution in [2.75, 3.05) is 7.11 Å². The Labute approximate surface area is 121 Å². The average Bonchev–Trinajstić information content (AvgIpc) is 2.91. The number of ether oxygens (including phenoxy) is 1. The highest BCUT2D eigenvalue weighted by molar-refractivity contribution is 5.99. The molecule has 0 saturated carbocycles. The van der Waals surface area contributed by atoms with Gasteiger partial charge in [0.05, 0.1) is 19.2 Å². The molecular formula is C13H17N5O3. The van der Waals surface area contributed by atoms with E-state index in [1.165, 1.54) is 7.11 Å². The molecule has 0 fully saturated rings. The number of nitrogens with two attached hydrogens (primary N) is 1. The van der Waals surface area contributed by atoms with E-state index in [-0.39, 0.29) is 5.84 Å². The van der Waals surface area contributed by atoms with Gasteiger partial charge in [-0.1, -0.05) is 16.4 Å². The van der Waals surface area contributed by atoms with Crippen LogP contribution in [-0.4, -0.2) is 28.3 Å². The van der Waals surface area contributed by atoms with Gasteiger partial charge in [-0.2, -0.15) is 4.98 Å². The number of methoxy groups -OCH3 is 1. The molecule has 0 aliphatic rings. The monoisotopic (exact) mass is 291 g/mol. The van der Waals surface area contributed by atoms with Crippen molar-refractivity contribution in [1.82, 2.24) is 15.5 Å². The summed E-state index contributed by atoms with van der Waals surface area (Å²) < 4.78 is 10.1. The molecule has 8 heteroatoms. The van der Waals surface area contributed by atoms with E-state index in [0.29, 0.717) is 36.1 Å². The molecule has 0 amide bonds. The summed E-state index contributed by atoms with van der Waals surface area (Å²) in [7, 11) is 1.53. The van der Waals surface area contributed by atoms with E-state index in [0.717, 1.165) is 5.56 Å². The molecule has 0 radical (unpaired) electrons. The first-order valence-corrected chi connectivity index (χ1v) is 6.28. The lowest BCUT2D eigenvalue weighted by Crippen LogP contribution is -2.16. The van der Waals surface area contributed by atoms with Gasteiger partial charge in [0.25, 0.3) is 0 Å². The lowest BCUT2D eigenvalue weighted by atomic mass is 10.1. The predicted octanol–water partition coefficient (Wildman–Crippen LogP) is 0.771. The van der Waals surface area contributed by atoms with Crippen molar-refractivity contribution in [3.8, 4) is 5.75 Å². The van der Waals surface area contributed by atoms with Crippen molar-refractivity contribution in [3.05, 3.63) is 41.0 Å². The molecule has 21 heavy (non-hydrogen) atoms. The number of benzene rings is 1. The summed E-state index contributed by atoms with van der Waals surface area (Å²) in [5, 5.41) is 18.7. The van der Waals surface area contributed by atoms with Gasteiger partial charge in [0.1, 0.15) is 5.75 Å². The maximum Gasteiger partial charge on any atom is 0.223 e. The van der Waals surface area contributed by atoms with Crippen LogP contribution in [-0.2, 0) is 13.1 Å². The number of aromatic nitrogens is 2. The van der Waals surface area contributed by atoms with Crippen molar-refractivity contribution in [2.45, 2.75) is 20.0 Å². The van der Waals surface area contributed by atoms with Crippen molar-refractivity contribution < 1.29 is 14.5 Å². The molecule has 8 nitrogen and oxygen atoms in total. The fourth-order valence-corrected chi connectivity index (χ4v) is 1.84. The average molecular weight is 291 g/mol. The molecular weight excluding hydrogens is 274 g/mol. The molecule has 1 aromatic carbocycles. The van der Waals surface area contributed by atoms with Crippen molar-refractivity contribution in [2.24, 2.45) is 10.9 Å². The molecule has 0 bridgehead atoms. The zero-order chi connectivity index (χ0) is 15.2. The highest BCUT2D eigenvalue weighted by Gasteiger charge is 2.09. The van der Waals surface area contributed by atoms with Crippen LogP contribution in [0.25, 0.3) is 0 Å². The largest absolute Gasteiger partial charge is 0.496 e. The third-order valence-corrected chi connectivity index (χ3v) is 2.83. The van der Waals surface area contributed by atoms with Crippen LogP contribution in [0.4, 0.5) is 0 Å². The summed E-state index contributed by atoms with van der Waals surface area (Å²) in [6.45, 7) is 2.84. The number of hydrogen-bond donors (Lipinski definition) is 3. The molecule has 0 aliphatic carbocycles. The van der Waals surface area contributed by atoms with Crippen LogP contribution in [0.2, 0.25) is 0 Å². The third-order valence-electron chi connectivity index (χ3n) is 2.83. The van der Waals surface area contributed by atoms with Crippen LogP contribution < -0.4 is 15.8 Å². The van der Waals surface area contributed by atoms with Crippen LogP contribution >= 0.6 is 0 Å². The minimum atomic E-state index is 0.00799. The fraction of sp³-hybridized carbons (Fsp3) is 0.308. The van der Waals surface area contributed by atoms with Gasteiger partial charge in [-0.15, -0.1) is 0 Å². The number of nitrogens with zero attached hydrogens (tertiary/aromatic N) is 3. The first-order chi connectivity index (χ1) is 10.1. The van der Waals surface area contributed by atoms with Gasteiger partial charge in [-0.3, -0.25) is 0 Å². The quantitative estimate of drug-likeness (QED) is 0.311. The molecule has 0 aliphatic heterocycles.